The number of aryl methyl sites for hydroxylation is 1. The van der Waals surface area contributed by atoms with Crippen LogP contribution in [0.4, 0.5) is 0 Å². The number of nitrogens with zero attached hydrogens (tertiary/aromatic N) is 2. The van der Waals surface area contributed by atoms with Crippen molar-refractivity contribution in [1.29, 1.82) is 0 Å². The zero-order chi connectivity index (χ0) is 24.1. The van der Waals surface area contributed by atoms with Crippen molar-refractivity contribution >= 4 is 27.2 Å². The molecular weight excluding hydrogens is 436 g/mol. The fourth-order valence-corrected chi connectivity index (χ4v) is 5.40. The van der Waals surface area contributed by atoms with Gasteiger partial charge in [0.1, 0.15) is 5.65 Å². The van der Waals surface area contributed by atoms with Gasteiger partial charge in [0, 0.05) is 18.0 Å². The van der Waals surface area contributed by atoms with Crippen LogP contribution in [0.3, 0.4) is 0 Å². The fraction of sp³-hybridized carbons (Fsp3) is 0.0294. The maximum atomic E-state index is 4.95. The molecule has 0 N–H and O–H groups in total. The van der Waals surface area contributed by atoms with Crippen molar-refractivity contribution in [3.63, 3.8) is 0 Å². The van der Waals surface area contributed by atoms with E-state index in [2.05, 4.69) is 133 Å². The molecule has 0 saturated heterocycles. The Balaban J connectivity index is 1.33. The molecule has 0 unspecified atom stereocenters. The Hall–Kier alpha value is -4.69. The molecule has 0 saturated carbocycles. The number of benzene rings is 5. The van der Waals surface area contributed by atoms with E-state index in [1.54, 1.807) is 0 Å². The van der Waals surface area contributed by atoms with Crippen LogP contribution in [0, 0.1) is 6.92 Å². The molecule has 5 aromatic carbocycles. The standard InChI is InChI=1S/C34H24N2/c1-23-28-11-5-7-13-30(28)34(31-14-8-6-12-29(23)31)26-17-15-25(16-18-26)32-22-36-20-19-27(21-33(36)35-32)24-9-3-2-4-10-24/h2-22H,1H3. The number of rotatable bonds is 3. The molecular formula is C34H24N2. The van der Waals surface area contributed by atoms with Gasteiger partial charge in [-0.25, -0.2) is 4.98 Å². The molecule has 2 nitrogen and oxygen atoms in total. The second-order valence-electron chi connectivity index (χ2n) is 9.34. The lowest BCUT2D eigenvalue weighted by molar-refractivity contribution is 1.19. The Morgan fingerprint density at radius 3 is 1.78 bits per heavy atom. The zero-order valence-electron chi connectivity index (χ0n) is 20.0. The number of pyridine rings is 1. The summed E-state index contributed by atoms with van der Waals surface area (Å²) in [7, 11) is 0. The van der Waals surface area contributed by atoms with Crippen LogP contribution < -0.4 is 0 Å². The Labute approximate surface area is 210 Å². The van der Waals surface area contributed by atoms with Crippen LogP contribution in [0.1, 0.15) is 5.56 Å². The minimum atomic E-state index is 0.950. The molecule has 170 valence electrons. The molecule has 2 heterocycles. The summed E-state index contributed by atoms with van der Waals surface area (Å²) in [5.41, 5.74) is 9.27. The third-order valence-corrected chi connectivity index (χ3v) is 7.24. The molecule has 36 heavy (non-hydrogen) atoms. The van der Waals surface area contributed by atoms with Gasteiger partial charge >= 0.3 is 0 Å². The summed E-state index contributed by atoms with van der Waals surface area (Å²) in [6.45, 7) is 2.23. The van der Waals surface area contributed by atoms with E-state index in [9.17, 15) is 0 Å². The quantitative estimate of drug-likeness (QED) is 0.241. The van der Waals surface area contributed by atoms with E-state index in [1.807, 2.05) is 6.07 Å². The number of fused-ring (bicyclic) bond motifs is 3. The zero-order valence-corrected chi connectivity index (χ0v) is 20.0. The topological polar surface area (TPSA) is 17.3 Å². The van der Waals surface area contributed by atoms with Gasteiger partial charge in [-0.05, 0) is 68.4 Å². The van der Waals surface area contributed by atoms with Crippen LogP contribution in [0.5, 0.6) is 0 Å². The first-order valence-electron chi connectivity index (χ1n) is 12.3. The van der Waals surface area contributed by atoms with Crippen molar-refractivity contribution in [3.8, 4) is 33.5 Å². The lowest BCUT2D eigenvalue weighted by Crippen LogP contribution is -1.89. The predicted octanol–water partition coefficient (Wildman–Crippen LogP) is 8.95. The molecule has 2 aromatic heterocycles. The molecule has 7 rings (SSSR count). The third-order valence-electron chi connectivity index (χ3n) is 7.24. The SMILES string of the molecule is Cc1c2ccccc2c(-c2ccc(-c3cn4ccc(-c5ccccc5)cc4n3)cc2)c2ccccc12. The minimum absolute atomic E-state index is 0.950. The van der Waals surface area contributed by atoms with Gasteiger partial charge in [0.15, 0.2) is 0 Å². The number of hydrogen-bond donors (Lipinski definition) is 0. The highest BCUT2D eigenvalue weighted by atomic mass is 15.0. The van der Waals surface area contributed by atoms with Gasteiger partial charge in [-0.15, -0.1) is 0 Å². The summed E-state index contributed by atoms with van der Waals surface area (Å²) in [6.07, 6.45) is 4.20. The summed E-state index contributed by atoms with van der Waals surface area (Å²) in [6, 6.07) is 41.1. The van der Waals surface area contributed by atoms with E-state index in [1.165, 1.54) is 49.4 Å². The molecule has 0 radical (unpaired) electrons. The van der Waals surface area contributed by atoms with Gasteiger partial charge in [0.2, 0.25) is 0 Å². The molecule has 0 spiro atoms. The molecule has 7 aromatic rings. The Kier molecular flexibility index (Phi) is 4.71. The van der Waals surface area contributed by atoms with Gasteiger partial charge in [-0.1, -0.05) is 103 Å². The monoisotopic (exact) mass is 460 g/mol. The second kappa shape index (κ2) is 8.21. The maximum absolute atomic E-state index is 4.95. The van der Waals surface area contributed by atoms with Gasteiger partial charge in [0.25, 0.3) is 0 Å². The van der Waals surface area contributed by atoms with Crippen LogP contribution >= 0.6 is 0 Å². The number of hydrogen-bond acceptors (Lipinski definition) is 1. The summed E-state index contributed by atoms with van der Waals surface area (Å²) in [4.78, 5) is 4.95. The molecule has 0 amide bonds. The van der Waals surface area contributed by atoms with Crippen molar-refractivity contribution in [1.82, 2.24) is 9.38 Å². The average molecular weight is 461 g/mol. The van der Waals surface area contributed by atoms with Gasteiger partial charge in [-0.3, -0.25) is 0 Å². The highest BCUT2D eigenvalue weighted by Gasteiger charge is 2.13. The summed E-state index contributed by atoms with van der Waals surface area (Å²) >= 11 is 0. The van der Waals surface area contributed by atoms with Crippen molar-refractivity contribution in [3.05, 3.63) is 133 Å². The molecule has 0 aliphatic rings. The van der Waals surface area contributed by atoms with Gasteiger partial charge in [-0.2, -0.15) is 0 Å². The molecule has 0 aliphatic carbocycles. The third kappa shape index (κ3) is 3.30. The van der Waals surface area contributed by atoms with E-state index in [0.717, 1.165) is 16.9 Å². The number of imidazole rings is 1. The summed E-state index contributed by atoms with van der Waals surface area (Å²) in [5, 5.41) is 5.21. The average Bonchev–Trinajstić information content (AvgIpc) is 3.38. The molecule has 0 fully saturated rings. The lowest BCUT2D eigenvalue weighted by atomic mass is 9.88. The fourth-order valence-electron chi connectivity index (χ4n) is 5.40. The predicted molar refractivity (Wildman–Crippen MR) is 151 cm³/mol. The first kappa shape index (κ1) is 20.7. The Morgan fingerprint density at radius 1 is 0.528 bits per heavy atom. The van der Waals surface area contributed by atoms with Gasteiger partial charge in [0.05, 0.1) is 5.69 Å². The van der Waals surface area contributed by atoms with Crippen molar-refractivity contribution in [2.24, 2.45) is 0 Å². The van der Waals surface area contributed by atoms with Crippen LogP contribution in [0.2, 0.25) is 0 Å². The molecule has 0 atom stereocenters. The van der Waals surface area contributed by atoms with Crippen LogP contribution in [-0.2, 0) is 0 Å². The van der Waals surface area contributed by atoms with Crippen molar-refractivity contribution in [2.75, 3.05) is 0 Å². The van der Waals surface area contributed by atoms with Crippen molar-refractivity contribution in [2.45, 2.75) is 6.92 Å². The van der Waals surface area contributed by atoms with Crippen LogP contribution in [0.15, 0.2) is 128 Å². The number of aromatic nitrogens is 2. The highest BCUT2D eigenvalue weighted by molar-refractivity contribution is 6.14. The highest BCUT2D eigenvalue weighted by Crippen LogP contribution is 2.39. The van der Waals surface area contributed by atoms with E-state index < -0.39 is 0 Å². The summed E-state index contributed by atoms with van der Waals surface area (Å²) < 4.78 is 2.09. The first-order chi connectivity index (χ1) is 17.8. The Bertz CT molecular complexity index is 1820. The van der Waals surface area contributed by atoms with E-state index in [-0.39, 0.29) is 0 Å². The van der Waals surface area contributed by atoms with E-state index >= 15 is 0 Å². The van der Waals surface area contributed by atoms with Crippen LogP contribution in [-0.4, -0.2) is 9.38 Å². The maximum Gasteiger partial charge on any atom is 0.138 e. The van der Waals surface area contributed by atoms with Gasteiger partial charge < -0.3 is 4.40 Å². The smallest absolute Gasteiger partial charge is 0.138 e. The minimum Gasteiger partial charge on any atom is -0.306 e. The largest absolute Gasteiger partial charge is 0.306 e. The lowest BCUT2D eigenvalue weighted by Gasteiger charge is -2.15. The molecule has 2 heteroatoms. The second-order valence-corrected chi connectivity index (χ2v) is 9.34. The first-order valence-corrected chi connectivity index (χ1v) is 12.3. The normalized spacial score (nSPS) is 11.5. The summed E-state index contributed by atoms with van der Waals surface area (Å²) in [5.74, 6) is 0. The van der Waals surface area contributed by atoms with E-state index in [4.69, 9.17) is 4.98 Å². The van der Waals surface area contributed by atoms with E-state index in [0.29, 0.717) is 0 Å². The molecule has 0 bridgehead atoms. The van der Waals surface area contributed by atoms with Crippen LogP contribution in [0.25, 0.3) is 60.7 Å². The molecule has 0 aliphatic heterocycles. The Morgan fingerprint density at radius 2 is 1.11 bits per heavy atom. The van der Waals surface area contributed by atoms with Crippen molar-refractivity contribution < 1.29 is 0 Å².